The number of pyridine rings is 2. The molecule has 3 heterocycles. The lowest BCUT2D eigenvalue weighted by molar-refractivity contribution is -0.117. The summed E-state index contributed by atoms with van der Waals surface area (Å²) in [6.45, 7) is 4.61. The summed E-state index contributed by atoms with van der Waals surface area (Å²) in [5.41, 5.74) is 4.29. The molecule has 160 valence electrons. The third-order valence-electron chi connectivity index (χ3n) is 5.34. The van der Waals surface area contributed by atoms with Crippen LogP contribution in [-0.4, -0.2) is 29.0 Å². The SMILES string of the molecule is Cc1nc(NCc2ccc(OCc3ccc(F)cc3)nc2)cc2c1NC(=O)[C@H](C)N2C. The fourth-order valence-electron chi connectivity index (χ4n) is 3.32. The molecule has 1 amide bonds. The Bertz CT molecular complexity index is 1090. The summed E-state index contributed by atoms with van der Waals surface area (Å²) in [6.07, 6.45) is 1.74. The Morgan fingerprint density at radius 2 is 1.94 bits per heavy atom. The zero-order valence-corrected chi connectivity index (χ0v) is 17.6. The van der Waals surface area contributed by atoms with Crippen LogP contribution in [0.15, 0.2) is 48.7 Å². The van der Waals surface area contributed by atoms with Crippen LogP contribution in [-0.2, 0) is 17.9 Å². The number of benzene rings is 1. The van der Waals surface area contributed by atoms with Gasteiger partial charge >= 0.3 is 0 Å². The topological polar surface area (TPSA) is 79.4 Å². The molecule has 0 spiro atoms. The van der Waals surface area contributed by atoms with E-state index in [9.17, 15) is 9.18 Å². The van der Waals surface area contributed by atoms with E-state index in [1.165, 1.54) is 12.1 Å². The number of nitrogens with zero attached hydrogens (tertiary/aromatic N) is 3. The molecule has 1 aliphatic heterocycles. The second-order valence-corrected chi connectivity index (χ2v) is 7.54. The van der Waals surface area contributed by atoms with E-state index in [4.69, 9.17) is 4.74 Å². The van der Waals surface area contributed by atoms with Gasteiger partial charge in [0.05, 0.1) is 17.1 Å². The zero-order chi connectivity index (χ0) is 22.0. The van der Waals surface area contributed by atoms with Gasteiger partial charge in [-0.05, 0) is 37.1 Å². The Morgan fingerprint density at radius 3 is 2.65 bits per heavy atom. The van der Waals surface area contributed by atoms with Crippen LogP contribution >= 0.6 is 0 Å². The molecule has 4 rings (SSSR count). The van der Waals surface area contributed by atoms with Crippen molar-refractivity contribution in [3.05, 3.63) is 71.3 Å². The number of hydrogen-bond acceptors (Lipinski definition) is 6. The lowest BCUT2D eigenvalue weighted by atomic mass is 10.1. The average molecular weight is 421 g/mol. The van der Waals surface area contributed by atoms with Gasteiger partial charge in [0.1, 0.15) is 24.3 Å². The Labute approximate surface area is 180 Å². The first-order chi connectivity index (χ1) is 14.9. The average Bonchev–Trinajstić information content (AvgIpc) is 2.77. The standard InChI is InChI=1S/C23H24FN5O2/c1-14-22-19(29(3)15(2)23(30)28-22)10-20(27-14)25-11-17-6-9-21(26-12-17)31-13-16-4-7-18(24)8-5-16/h4-10,12,15H,11,13H2,1-3H3,(H,25,27)(H,28,30)/t15-/m0/s1. The second kappa shape index (κ2) is 8.59. The first-order valence-corrected chi connectivity index (χ1v) is 10.0. The van der Waals surface area contributed by atoms with Crippen molar-refractivity contribution in [2.45, 2.75) is 33.0 Å². The fourth-order valence-corrected chi connectivity index (χ4v) is 3.32. The molecule has 1 aliphatic rings. The van der Waals surface area contributed by atoms with Crippen molar-refractivity contribution in [3.63, 3.8) is 0 Å². The van der Waals surface area contributed by atoms with E-state index in [0.29, 0.717) is 19.0 Å². The van der Waals surface area contributed by atoms with Crippen molar-refractivity contribution in [3.8, 4) is 5.88 Å². The predicted molar refractivity (Wildman–Crippen MR) is 118 cm³/mol. The second-order valence-electron chi connectivity index (χ2n) is 7.54. The van der Waals surface area contributed by atoms with Crippen LogP contribution in [0.2, 0.25) is 0 Å². The van der Waals surface area contributed by atoms with E-state index in [1.54, 1.807) is 24.4 Å². The Balaban J connectivity index is 1.38. The largest absolute Gasteiger partial charge is 0.473 e. The number of rotatable bonds is 6. The number of carbonyl (C=O) groups excluding carboxylic acids is 1. The quantitative estimate of drug-likeness (QED) is 0.629. The molecule has 31 heavy (non-hydrogen) atoms. The Hall–Kier alpha value is -3.68. The van der Waals surface area contributed by atoms with Gasteiger partial charge in [0, 0.05) is 31.9 Å². The molecular formula is C23H24FN5O2. The summed E-state index contributed by atoms with van der Waals surface area (Å²) >= 11 is 0. The lowest BCUT2D eigenvalue weighted by Crippen LogP contribution is -2.44. The first kappa shape index (κ1) is 20.6. The van der Waals surface area contributed by atoms with Crippen LogP contribution in [0.4, 0.5) is 21.6 Å². The smallest absolute Gasteiger partial charge is 0.246 e. The summed E-state index contributed by atoms with van der Waals surface area (Å²) in [7, 11) is 1.90. The molecule has 0 bridgehead atoms. The molecule has 1 aromatic carbocycles. The highest BCUT2D eigenvalue weighted by atomic mass is 19.1. The van der Waals surface area contributed by atoms with Crippen molar-refractivity contribution in [2.75, 3.05) is 22.6 Å². The minimum atomic E-state index is -0.270. The molecule has 0 saturated heterocycles. The normalized spacial score (nSPS) is 15.3. The van der Waals surface area contributed by atoms with E-state index < -0.39 is 0 Å². The first-order valence-electron chi connectivity index (χ1n) is 10.0. The monoisotopic (exact) mass is 421 g/mol. The number of amides is 1. The number of nitrogens with one attached hydrogen (secondary N) is 2. The minimum Gasteiger partial charge on any atom is -0.473 e. The van der Waals surface area contributed by atoms with Gasteiger partial charge in [0.25, 0.3) is 0 Å². The number of aryl methyl sites for hydroxylation is 1. The van der Waals surface area contributed by atoms with Gasteiger partial charge in [-0.25, -0.2) is 14.4 Å². The molecule has 0 saturated carbocycles. The number of anilines is 3. The van der Waals surface area contributed by atoms with Crippen LogP contribution < -0.4 is 20.3 Å². The summed E-state index contributed by atoms with van der Waals surface area (Å²) in [4.78, 5) is 22.9. The van der Waals surface area contributed by atoms with Gasteiger partial charge in [-0.2, -0.15) is 0 Å². The van der Waals surface area contributed by atoms with E-state index in [-0.39, 0.29) is 17.8 Å². The predicted octanol–water partition coefficient (Wildman–Crippen LogP) is 3.89. The van der Waals surface area contributed by atoms with Gasteiger partial charge < -0.3 is 20.3 Å². The molecule has 2 N–H and O–H groups in total. The summed E-state index contributed by atoms with van der Waals surface area (Å²) in [6, 6.07) is 11.6. The van der Waals surface area contributed by atoms with E-state index in [2.05, 4.69) is 20.6 Å². The minimum absolute atomic E-state index is 0.0339. The van der Waals surface area contributed by atoms with Crippen molar-refractivity contribution >= 4 is 23.1 Å². The van der Waals surface area contributed by atoms with Gasteiger partial charge in [0.2, 0.25) is 11.8 Å². The summed E-state index contributed by atoms with van der Waals surface area (Å²) in [5.74, 6) is 0.923. The number of aromatic nitrogens is 2. The molecule has 3 aromatic rings. The zero-order valence-electron chi connectivity index (χ0n) is 17.6. The maximum Gasteiger partial charge on any atom is 0.246 e. The van der Waals surface area contributed by atoms with Crippen molar-refractivity contribution < 1.29 is 13.9 Å². The number of halogens is 1. The van der Waals surface area contributed by atoms with Crippen LogP contribution in [0.25, 0.3) is 0 Å². The maximum absolute atomic E-state index is 13.0. The van der Waals surface area contributed by atoms with Gasteiger partial charge in [-0.1, -0.05) is 18.2 Å². The van der Waals surface area contributed by atoms with Crippen molar-refractivity contribution in [2.24, 2.45) is 0 Å². The van der Waals surface area contributed by atoms with E-state index >= 15 is 0 Å². The summed E-state index contributed by atoms with van der Waals surface area (Å²) < 4.78 is 18.6. The highest BCUT2D eigenvalue weighted by molar-refractivity contribution is 6.04. The van der Waals surface area contributed by atoms with E-state index in [0.717, 1.165) is 34.0 Å². The van der Waals surface area contributed by atoms with Crippen LogP contribution in [0.1, 0.15) is 23.7 Å². The number of carbonyl (C=O) groups is 1. The van der Waals surface area contributed by atoms with Crippen LogP contribution in [0.3, 0.4) is 0 Å². The number of likely N-dealkylation sites (N-methyl/N-ethyl adjacent to an activating group) is 1. The molecule has 2 aromatic heterocycles. The molecule has 1 atom stereocenters. The third kappa shape index (κ3) is 4.58. The molecule has 0 unspecified atom stereocenters. The maximum atomic E-state index is 13.0. The molecule has 8 heteroatoms. The van der Waals surface area contributed by atoms with Gasteiger partial charge in [-0.15, -0.1) is 0 Å². The van der Waals surface area contributed by atoms with Gasteiger partial charge in [0.15, 0.2) is 0 Å². The highest BCUT2D eigenvalue weighted by Gasteiger charge is 2.28. The third-order valence-corrected chi connectivity index (χ3v) is 5.34. The molecule has 0 fully saturated rings. The number of ether oxygens (including phenoxy) is 1. The molecule has 0 radical (unpaired) electrons. The molecule has 0 aliphatic carbocycles. The Morgan fingerprint density at radius 1 is 1.19 bits per heavy atom. The number of hydrogen-bond donors (Lipinski definition) is 2. The van der Waals surface area contributed by atoms with Crippen LogP contribution in [0.5, 0.6) is 5.88 Å². The molecular weight excluding hydrogens is 397 g/mol. The van der Waals surface area contributed by atoms with E-state index in [1.807, 2.05) is 37.9 Å². The highest BCUT2D eigenvalue weighted by Crippen LogP contribution is 2.34. The van der Waals surface area contributed by atoms with Crippen molar-refractivity contribution in [1.29, 1.82) is 0 Å². The molecule has 7 nitrogen and oxygen atoms in total. The number of fused-ring (bicyclic) bond motifs is 1. The summed E-state index contributed by atoms with van der Waals surface area (Å²) in [5, 5.41) is 6.24. The fraction of sp³-hybridized carbons (Fsp3) is 0.261. The van der Waals surface area contributed by atoms with Gasteiger partial charge in [-0.3, -0.25) is 4.79 Å². The van der Waals surface area contributed by atoms with Crippen LogP contribution in [0, 0.1) is 12.7 Å². The lowest BCUT2D eigenvalue weighted by Gasteiger charge is -2.34. The van der Waals surface area contributed by atoms with Crippen molar-refractivity contribution in [1.82, 2.24) is 9.97 Å². The Kier molecular flexibility index (Phi) is 5.70.